The van der Waals surface area contributed by atoms with Crippen LogP contribution in [-0.2, 0) is 13.0 Å². The Labute approximate surface area is 226 Å². The summed E-state index contributed by atoms with van der Waals surface area (Å²) in [7, 11) is 0. The Bertz CT molecular complexity index is 1270. The van der Waals surface area contributed by atoms with Gasteiger partial charge in [-0.1, -0.05) is 30.3 Å². The van der Waals surface area contributed by atoms with Crippen LogP contribution < -0.4 is 14.2 Å². The Kier molecular flexibility index (Phi) is 7.75. The molecule has 38 heavy (non-hydrogen) atoms. The zero-order valence-electron chi connectivity index (χ0n) is 23.1. The number of likely N-dealkylation sites (tertiary alicyclic amines) is 1. The van der Waals surface area contributed by atoms with E-state index in [4.69, 9.17) is 14.2 Å². The molecular formula is C33H39NO4. The molecule has 5 nitrogen and oxygen atoms in total. The van der Waals surface area contributed by atoms with E-state index in [9.17, 15) is 4.79 Å². The molecule has 200 valence electrons. The lowest BCUT2D eigenvalue weighted by atomic mass is 9.86. The van der Waals surface area contributed by atoms with Gasteiger partial charge in [0.25, 0.3) is 0 Å². The second-order valence-electron chi connectivity index (χ2n) is 11.1. The predicted molar refractivity (Wildman–Crippen MR) is 151 cm³/mol. The van der Waals surface area contributed by atoms with Crippen molar-refractivity contribution in [2.45, 2.75) is 71.7 Å². The van der Waals surface area contributed by atoms with Gasteiger partial charge >= 0.3 is 0 Å². The molecule has 0 aliphatic carbocycles. The van der Waals surface area contributed by atoms with Crippen molar-refractivity contribution < 1.29 is 19.0 Å². The summed E-state index contributed by atoms with van der Waals surface area (Å²) in [6.45, 7) is 12.1. The van der Waals surface area contributed by atoms with Crippen molar-refractivity contribution in [1.29, 1.82) is 0 Å². The number of piperidine rings is 1. The van der Waals surface area contributed by atoms with Crippen LogP contribution in [0.1, 0.15) is 64.4 Å². The fourth-order valence-corrected chi connectivity index (χ4v) is 5.88. The lowest BCUT2D eigenvalue weighted by molar-refractivity contribution is -0.000580. The van der Waals surface area contributed by atoms with E-state index in [1.807, 2.05) is 42.5 Å². The minimum absolute atomic E-state index is 0.140. The van der Waals surface area contributed by atoms with Crippen LogP contribution in [-0.4, -0.2) is 42.5 Å². The third kappa shape index (κ3) is 5.73. The van der Waals surface area contributed by atoms with Crippen molar-refractivity contribution in [1.82, 2.24) is 4.90 Å². The molecule has 0 bridgehead atoms. The van der Waals surface area contributed by atoms with E-state index < -0.39 is 0 Å². The molecule has 3 aromatic carbocycles. The first-order valence-corrected chi connectivity index (χ1v) is 13.8. The second-order valence-corrected chi connectivity index (χ2v) is 11.1. The molecule has 1 unspecified atom stereocenters. The van der Waals surface area contributed by atoms with Crippen molar-refractivity contribution in [3.63, 3.8) is 0 Å². The minimum Gasteiger partial charge on any atom is -0.489 e. The molecule has 0 amide bonds. The maximum absolute atomic E-state index is 10.9. The van der Waals surface area contributed by atoms with Gasteiger partial charge in [-0.3, -0.25) is 9.69 Å². The Morgan fingerprint density at radius 2 is 1.79 bits per heavy atom. The van der Waals surface area contributed by atoms with Crippen molar-refractivity contribution in [2.75, 3.05) is 19.6 Å². The van der Waals surface area contributed by atoms with E-state index in [2.05, 4.69) is 44.7 Å². The lowest BCUT2D eigenvalue weighted by Gasteiger charge is -2.43. The van der Waals surface area contributed by atoms with Gasteiger partial charge in [0.15, 0.2) is 0 Å². The highest BCUT2D eigenvalue weighted by atomic mass is 16.5. The van der Waals surface area contributed by atoms with Crippen LogP contribution in [0.4, 0.5) is 0 Å². The van der Waals surface area contributed by atoms with E-state index in [0.717, 1.165) is 74.4 Å². The molecule has 2 heterocycles. The van der Waals surface area contributed by atoms with Crippen LogP contribution >= 0.6 is 0 Å². The average Bonchev–Trinajstić information content (AvgIpc) is 2.93. The van der Waals surface area contributed by atoms with E-state index in [1.54, 1.807) is 0 Å². The van der Waals surface area contributed by atoms with E-state index in [1.165, 1.54) is 22.3 Å². The third-order valence-corrected chi connectivity index (χ3v) is 8.13. The van der Waals surface area contributed by atoms with E-state index in [-0.39, 0.29) is 11.7 Å². The highest BCUT2D eigenvalue weighted by molar-refractivity contribution is 5.74. The van der Waals surface area contributed by atoms with Gasteiger partial charge in [-0.05, 0) is 106 Å². The van der Waals surface area contributed by atoms with Gasteiger partial charge in [-0.25, -0.2) is 0 Å². The predicted octanol–water partition coefficient (Wildman–Crippen LogP) is 6.63. The molecule has 0 N–H and O–H groups in total. The molecule has 2 aliphatic rings. The fraction of sp³-hybridized carbons (Fsp3) is 0.424. The largest absolute Gasteiger partial charge is 0.489 e. The zero-order valence-corrected chi connectivity index (χ0v) is 23.1. The number of benzene rings is 3. The average molecular weight is 514 g/mol. The van der Waals surface area contributed by atoms with Crippen LogP contribution in [0.2, 0.25) is 0 Å². The first-order chi connectivity index (χ1) is 18.3. The first kappa shape index (κ1) is 26.3. The van der Waals surface area contributed by atoms with E-state index in [0.29, 0.717) is 12.2 Å². The molecule has 5 rings (SSSR count). The van der Waals surface area contributed by atoms with Gasteiger partial charge in [-0.2, -0.15) is 0 Å². The molecule has 0 saturated carbocycles. The number of ether oxygens (including phenoxy) is 3. The number of nitrogens with zero attached hydrogens (tertiary/aromatic N) is 1. The topological polar surface area (TPSA) is 48.0 Å². The SMILES string of the molecule is Cc1c(C)c2c(c(C)c1OCc1ccccc1)CCC(C)(CN1CCC[C@@H](Oc3ccc(C=O)cc3)C1)O2. The second kappa shape index (κ2) is 11.2. The van der Waals surface area contributed by atoms with E-state index >= 15 is 0 Å². The summed E-state index contributed by atoms with van der Waals surface area (Å²) in [5.74, 6) is 2.86. The Hall–Kier alpha value is -3.31. The van der Waals surface area contributed by atoms with Crippen molar-refractivity contribution in [3.05, 3.63) is 88.0 Å². The molecule has 1 fully saturated rings. The van der Waals surface area contributed by atoms with Crippen LogP contribution in [0.15, 0.2) is 54.6 Å². The molecular weight excluding hydrogens is 474 g/mol. The number of rotatable bonds is 8. The molecule has 0 spiro atoms. The fourth-order valence-electron chi connectivity index (χ4n) is 5.88. The van der Waals surface area contributed by atoms with Crippen LogP contribution in [0, 0.1) is 20.8 Å². The van der Waals surface area contributed by atoms with Gasteiger partial charge in [-0.15, -0.1) is 0 Å². The molecule has 5 heteroatoms. The van der Waals surface area contributed by atoms with Gasteiger partial charge in [0, 0.05) is 24.2 Å². The minimum atomic E-state index is -0.253. The summed E-state index contributed by atoms with van der Waals surface area (Å²) in [4.78, 5) is 13.4. The highest BCUT2D eigenvalue weighted by Gasteiger charge is 2.37. The zero-order chi connectivity index (χ0) is 26.7. The first-order valence-electron chi connectivity index (χ1n) is 13.8. The molecule has 2 aliphatic heterocycles. The Balaban J connectivity index is 1.26. The standard InChI is InChI=1S/C33H39NO4/c1-23-24(2)32-30(25(3)31(23)36-21-27-9-6-5-7-10-27)16-17-33(4,38-32)22-34-18-8-11-29(19-34)37-28-14-12-26(20-35)13-15-28/h5-7,9-10,12-15,20,29H,8,11,16-19,21-22H2,1-4H3/t29-,33?/m1/s1. The Morgan fingerprint density at radius 3 is 2.53 bits per heavy atom. The van der Waals surface area contributed by atoms with Crippen molar-refractivity contribution >= 4 is 6.29 Å². The van der Waals surface area contributed by atoms with Crippen molar-refractivity contribution in [2.24, 2.45) is 0 Å². The number of fused-ring (bicyclic) bond motifs is 1. The molecule has 2 atom stereocenters. The summed E-state index contributed by atoms with van der Waals surface area (Å²) in [5.41, 5.74) is 6.41. The summed E-state index contributed by atoms with van der Waals surface area (Å²) in [6.07, 6.45) is 5.09. The molecule has 1 saturated heterocycles. The van der Waals surface area contributed by atoms with Crippen LogP contribution in [0.3, 0.4) is 0 Å². The summed E-state index contributed by atoms with van der Waals surface area (Å²) < 4.78 is 19.5. The molecule has 0 radical (unpaired) electrons. The van der Waals surface area contributed by atoms with Crippen molar-refractivity contribution in [3.8, 4) is 17.2 Å². The van der Waals surface area contributed by atoms with Crippen LogP contribution in [0.5, 0.6) is 17.2 Å². The highest BCUT2D eigenvalue weighted by Crippen LogP contribution is 2.44. The lowest BCUT2D eigenvalue weighted by Crippen LogP contribution is -2.51. The normalized spacial score (nSPS) is 21.3. The molecule has 0 aromatic heterocycles. The molecule has 3 aromatic rings. The van der Waals surface area contributed by atoms with Gasteiger partial charge < -0.3 is 14.2 Å². The number of hydrogen-bond acceptors (Lipinski definition) is 5. The quantitative estimate of drug-likeness (QED) is 0.316. The van der Waals surface area contributed by atoms with Gasteiger partial charge in [0.1, 0.15) is 41.8 Å². The number of carbonyl (C=O) groups excluding carboxylic acids is 1. The summed E-state index contributed by atoms with van der Waals surface area (Å²) in [5, 5.41) is 0. The maximum Gasteiger partial charge on any atom is 0.150 e. The maximum atomic E-state index is 10.9. The number of carbonyl (C=O) groups is 1. The third-order valence-electron chi connectivity index (χ3n) is 8.13. The smallest absolute Gasteiger partial charge is 0.150 e. The van der Waals surface area contributed by atoms with Gasteiger partial charge in [0.2, 0.25) is 0 Å². The Morgan fingerprint density at radius 1 is 1.03 bits per heavy atom. The van der Waals surface area contributed by atoms with Crippen LogP contribution in [0.25, 0.3) is 0 Å². The summed E-state index contributed by atoms with van der Waals surface area (Å²) in [6, 6.07) is 17.7. The van der Waals surface area contributed by atoms with Gasteiger partial charge in [0.05, 0.1) is 0 Å². The monoisotopic (exact) mass is 513 g/mol. The summed E-state index contributed by atoms with van der Waals surface area (Å²) >= 11 is 0. The number of aldehydes is 1. The number of hydrogen-bond donors (Lipinski definition) is 0.